The molecule has 5 heteroatoms. The van der Waals surface area contributed by atoms with Gasteiger partial charge < -0.3 is 5.32 Å². The van der Waals surface area contributed by atoms with Crippen LogP contribution in [-0.2, 0) is 10.0 Å². The van der Waals surface area contributed by atoms with Crippen LogP contribution in [0.2, 0.25) is 0 Å². The molecular formula is C14H20N2O2S. The van der Waals surface area contributed by atoms with Crippen molar-refractivity contribution in [2.45, 2.75) is 30.6 Å². The molecule has 0 aromatic heterocycles. The summed E-state index contributed by atoms with van der Waals surface area (Å²) in [6.07, 6.45) is 5.33. The van der Waals surface area contributed by atoms with Gasteiger partial charge in [-0.05, 0) is 55.6 Å². The number of nitrogens with one attached hydrogen (secondary N) is 1. The van der Waals surface area contributed by atoms with Crippen molar-refractivity contribution in [3.63, 3.8) is 0 Å². The lowest BCUT2D eigenvalue weighted by atomic mass is 9.98. The summed E-state index contributed by atoms with van der Waals surface area (Å²) < 4.78 is 23.1. The van der Waals surface area contributed by atoms with E-state index < -0.39 is 10.0 Å². The molecule has 19 heavy (non-hydrogen) atoms. The molecule has 0 amide bonds. The molecule has 0 atom stereocenters. The van der Waals surface area contributed by atoms with Gasteiger partial charge in [0.1, 0.15) is 4.90 Å². The maximum Gasteiger partial charge on any atom is 0.240 e. The maximum absolute atomic E-state index is 11.5. The van der Waals surface area contributed by atoms with E-state index in [4.69, 9.17) is 5.14 Å². The van der Waals surface area contributed by atoms with Crippen molar-refractivity contribution in [2.75, 3.05) is 11.9 Å². The van der Waals surface area contributed by atoms with Gasteiger partial charge in [-0.1, -0.05) is 12.1 Å². The predicted molar refractivity (Wildman–Crippen MR) is 75.2 cm³/mol. The van der Waals surface area contributed by atoms with Gasteiger partial charge in [-0.3, -0.25) is 0 Å². The van der Waals surface area contributed by atoms with Crippen LogP contribution in [-0.4, -0.2) is 15.0 Å². The molecule has 2 fully saturated rings. The number of nitrogens with two attached hydrogens (primary N) is 1. The first-order valence-corrected chi connectivity index (χ1v) is 8.46. The monoisotopic (exact) mass is 280 g/mol. The molecule has 1 aromatic rings. The number of benzene rings is 1. The second kappa shape index (κ2) is 4.80. The highest BCUT2D eigenvalue weighted by atomic mass is 32.2. The van der Waals surface area contributed by atoms with Crippen molar-refractivity contribution < 1.29 is 8.42 Å². The molecule has 3 N–H and O–H groups in total. The van der Waals surface area contributed by atoms with E-state index in [0.717, 1.165) is 18.4 Å². The van der Waals surface area contributed by atoms with E-state index >= 15 is 0 Å². The third kappa shape index (κ3) is 3.09. The fraction of sp³-hybridized carbons (Fsp3) is 0.571. The van der Waals surface area contributed by atoms with Crippen molar-refractivity contribution in [1.82, 2.24) is 0 Å². The Kier molecular flexibility index (Phi) is 3.27. The summed E-state index contributed by atoms with van der Waals surface area (Å²) in [5.74, 6) is 2.40. The number of para-hydroxylation sites is 1. The predicted octanol–water partition coefficient (Wildman–Crippen LogP) is 2.18. The highest BCUT2D eigenvalue weighted by Gasteiger charge is 2.41. The van der Waals surface area contributed by atoms with Crippen molar-refractivity contribution in [3.05, 3.63) is 24.3 Å². The number of anilines is 1. The van der Waals surface area contributed by atoms with Gasteiger partial charge in [0, 0.05) is 6.54 Å². The molecular weight excluding hydrogens is 260 g/mol. The van der Waals surface area contributed by atoms with E-state index in [1.54, 1.807) is 18.2 Å². The molecule has 0 spiro atoms. The van der Waals surface area contributed by atoms with Gasteiger partial charge >= 0.3 is 0 Å². The van der Waals surface area contributed by atoms with Gasteiger partial charge in [0.2, 0.25) is 10.0 Å². The number of hydrogen-bond acceptors (Lipinski definition) is 3. The van der Waals surface area contributed by atoms with Crippen molar-refractivity contribution in [3.8, 4) is 0 Å². The molecule has 0 saturated heterocycles. The number of rotatable bonds is 6. The van der Waals surface area contributed by atoms with Gasteiger partial charge in [-0.15, -0.1) is 0 Å². The van der Waals surface area contributed by atoms with Crippen molar-refractivity contribution >= 4 is 15.7 Å². The van der Waals surface area contributed by atoms with Crippen LogP contribution in [0.5, 0.6) is 0 Å². The Hall–Kier alpha value is -1.07. The largest absolute Gasteiger partial charge is 0.384 e. The smallest absolute Gasteiger partial charge is 0.240 e. The molecule has 4 nitrogen and oxygen atoms in total. The van der Waals surface area contributed by atoms with Gasteiger partial charge in [-0.25, -0.2) is 13.6 Å². The average molecular weight is 280 g/mol. The number of sulfonamides is 1. The van der Waals surface area contributed by atoms with Crippen LogP contribution >= 0.6 is 0 Å². The molecule has 0 radical (unpaired) electrons. The average Bonchev–Trinajstić information content (AvgIpc) is 3.23. The van der Waals surface area contributed by atoms with Crippen LogP contribution in [0, 0.1) is 17.8 Å². The molecule has 0 aliphatic heterocycles. The lowest BCUT2D eigenvalue weighted by Gasteiger charge is -2.18. The summed E-state index contributed by atoms with van der Waals surface area (Å²) >= 11 is 0. The summed E-state index contributed by atoms with van der Waals surface area (Å²) in [5.41, 5.74) is 0.635. The van der Waals surface area contributed by atoms with E-state index in [2.05, 4.69) is 5.32 Å². The third-order valence-electron chi connectivity index (χ3n) is 4.18. The molecule has 104 valence electrons. The Morgan fingerprint density at radius 2 is 1.74 bits per heavy atom. The summed E-state index contributed by atoms with van der Waals surface area (Å²) in [4.78, 5) is 0.195. The van der Waals surface area contributed by atoms with E-state index in [9.17, 15) is 8.42 Å². The highest BCUT2D eigenvalue weighted by Crippen LogP contribution is 2.49. The van der Waals surface area contributed by atoms with Gasteiger partial charge in [0.25, 0.3) is 0 Å². The fourth-order valence-electron chi connectivity index (χ4n) is 2.86. The topological polar surface area (TPSA) is 72.2 Å². The Labute approximate surface area is 114 Å². The zero-order valence-electron chi connectivity index (χ0n) is 10.9. The quantitative estimate of drug-likeness (QED) is 0.839. The van der Waals surface area contributed by atoms with Crippen LogP contribution in [0.4, 0.5) is 5.69 Å². The van der Waals surface area contributed by atoms with E-state index in [-0.39, 0.29) is 4.90 Å². The Morgan fingerprint density at radius 3 is 2.26 bits per heavy atom. The molecule has 2 saturated carbocycles. The minimum Gasteiger partial charge on any atom is -0.384 e. The van der Waals surface area contributed by atoms with Gasteiger partial charge in [0.05, 0.1) is 5.69 Å². The van der Waals surface area contributed by atoms with Crippen LogP contribution in [0.3, 0.4) is 0 Å². The van der Waals surface area contributed by atoms with Crippen LogP contribution in [0.1, 0.15) is 25.7 Å². The molecule has 0 unspecified atom stereocenters. The molecule has 3 rings (SSSR count). The zero-order chi connectivity index (χ0) is 13.5. The molecule has 2 aliphatic rings. The Bertz CT molecular complexity index is 551. The summed E-state index contributed by atoms with van der Waals surface area (Å²) in [7, 11) is -3.65. The normalized spacial score (nSPS) is 19.7. The highest BCUT2D eigenvalue weighted by molar-refractivity contribution is 7.89. The van der Waals surface area contributed by atoms with Crippen LogP contribution in [0.25, 0.3) is 0 Å². The summed E-state index contributed by atoms with van der Waals surface area (Å²) in [5, 5.41) is 8.54. The van der Waals surface area contributed by atoms with E-state index in [0.29, 0.717) is 11.6 Å². The first kappa shape index (κ1) is 12.9. The summed E-state index contributed by atoms with van der Waals surface area (Å²) in [6.45, 7) is 0.863. The first-order chi connectivity index (χ1) is 9.05. The second-order valence-electron chi connectivity index (χ2n) is 5.76. The van der Waals surface area contributed by atoms with Crippen molar-refractivity contribution in [2.24, 2.45) is 22.9 Å². The Balaban J connectivity index is 1.72. The number of primary sulfonamides is 1. The lowest BCUT2D eigenvalue weighted by molar-refractivity contribution is 0.428. The van der Waals surface area contributed by atoms with Gasteiger partial charge in [-0.2, -0.15) is 0 Å². The van der Waals surface area contributed by atoms with E-state index in [1.165, 1.54) is 25.7 Å². The molecule has 0 heterocycles. The minimum atomic E-state index is -3.65. The van der Waals surface area contributed by atoms with E-state index in [1.807, 2.05) is 6.07 Å². The molecule has 2 aliphatic carbocycles. The van der Waals surface area contributed by atoms with Crippen LogP contribution < -0.4 is 10.5 Å². The van der Waals surface area contributed by atoms with Crippen molar-refractivity contribution in [1.29, 1.82) is 0 Å². The summed E-state index contributed by atoms with van der Waals surface area (Å²) in [6, 6.07) is 6.88. The first-order valence-electron chi connectivity index (χ1n) is 6.91. The fourth-order valence-corrected chi connectivity index (χ4v) is 3.57. The minimum absolute atomic E-state index is 0.195. The SMILES string of the molecule is NS(=O)(=O)c1ccccc1NCC(C1CC1)C1CC1. The third-order valence-corrected chi connectivity index (χ3v) is 5.15. The van der Waals surface area contributed by atoms with Crippen LogP contribution in [0.15, 0.2) is 29.2 Å². The lowest BCUT2D eigenvalue weighted by Crippen LogP contribution is -2.21. The second-order valence-corrected chi connectivity index (χ2v) is 7.29. The molecule has 1 aromatic carbocycles. The number of hydrogen-bond donors (Lipinski definition) is 2. The molecule has 0 bridgehead atoms. The van der Waals surface area contributed by atoms with Gasteiger partial charge in [0.15, 0.2) is 0 Å². The standard InChI is InChI=1S/C14H20N2O2S/c15-19(17,18)14-4-2-1-3-13(14)16-9-12(10-5-6-10)11-7-8-11/h1-4,10-12,16H,5-9H2,(H2,15,17,18). The Morgan fingerprint density at radius 1 is 1.16 bits per heavy atom. The maximum atomic E-state index is 11.5. The zero-order valence-corrected chi connectivity index (χ0v) is 11.7.